The monoisotopic (exact) mass is 392 g/mol. The highest BCUT2D eigenvalue weighted by molar-refractivity contribution is 7.92. The van der Waals surface area contributed by atoms with Crippen molar-refractivity contribution < 1.29 is 27.5 Å². The normalized spacial score (nSPS) is 12.1. The number of nitrogens with two attached hydrogens (primary N) is 1. The van der Waals surface area contributed by atoms with Gasteiger partial charge < -0.3 is 15.2 Å². The molecule has 2 aromatic carbocycles. The molecule has 3 N–H and O–H groups in total. The third kappa shape index (κ3) is 4.98. The summed E-state index contributed by atoms with van der Waals surface area (Å²) >= 11 is 0. The number of primary amides is 1. The summed E-state index contributed by atoms with van der Waals surface area (Å²) < 4.78 is 37.8. The fourth-order valence-electron chi connectivity index (χ4n) is 2.17. The van der Waals surface area contributed by atoms with Crippen molar-refractivity contribution in [3.63, 3.8) is 0 Å². The lowest BCUT2D eigenvalue weighted by Gasteiger charge is -2.13. The lowest BCUT2D eigenvalue weighted by Crippen LogP contribution is -2.30. The van der Waals surface area contributed by atoms with Crippen LogP contribution in [0, 0.1) is 6.92 Å². The van der Waals surface area contributed by atoms with Gasteiger partial charge in [0.15, 0.2) is 6.10 Å². The van der Waals surface area contributed by atoms with Crippen LogP contribution in [0.5, 0.6) is 5.75 Å². The Morgan fingerprint density at radius 3 is 2.30 bits per heavy atom. The van der Waals surface area contributed by atoms with E-state index in [4.69, 9.17) is 15.2 Å². The minimum absolute atomic E-state index is 0.0104. The number of hydrogen-bond acceptors (Lipinski definition) is 6. The summed E-state index contributed by atoms with van der Waals surface area (Å²) in [6.07, 6.45) is -1.13. The Balaban J connectivity index is 2.30. The maximum Gasteiger partial charge on any atom is 0.338 e. The van der Waals surface area contributed by atoms with Crippen LogP contribution < -0.4 is 15.2 Å². The number of sulfonamides is 1. The molecule has 2 rings (SSSR count). The van der Waals surface area contributed by atoms with E-state index in [1.54, 1.807) is 31.2 Å². The van der Waals surface area contributed by atoms with Crippen LogP contribution in [0.2, 0.25) is 0 Å². The molecule has 0 saturated carbocycles. The predicted molar refractivity (Wildman–Crippen MR) is 99.1 cm³/mol. The SMILES string of the molecule is COc1ccc(NS(=O)(=O)c2cc(C(=O)O[C@H](C)C(N)=O)ccc2C)cc1. The maximum atomic E-state index is 12.7. The van der Waals surface area contributed by atoms with E-state index in [-0.39, 0.29) is 10.5 Å². The number of anilines is 1. The number of benzene rings is 2. The molecule has 8 nitrogen and oxygen atoms in total. The van der Waals surface area contributed by atoms with E-state index in [9.17, 15) is 18.0 Å². The van der Waals surface area contributed by atoms with Gasteiger partial charge in [0, 0.05) is 5.69 Å². The number of carbonyl (C=O) groups excluding carboxylic acids is 2. The van der Waals surface area contributed by atoms with Gasteiger partial charge in [-0.05, 0) is 55.8 Å². The summed E-state index contributed by atoms with van der Waals surface area (Å²) in [5, 5.41) is 0. The fourth-order valence-corrected chi connectivity index (χ4v) is 3.50. The summed E-state index contributed by atoms with van der Waals surface area (Å²) in [5.41, 5.74) is 5.83. The molecule has 2 aromatic rings. The number of methoxy groups -OCH3 is 1. The topological polar surface area (TPSA) is 125 Å². The van der Waals surface area contributed by atoms with Gasteiger partial charge in [-0.2, -0.15) is 0 Å². The van der Waals surface area contributed by atoms with Gasteiger partial charge in [0.25, 0.3) is 15.9 Å². The van der Waals surface area contributed by atoms with Crippen molar-refractivity contribution >= 4 is 27.6 Å². The zero-order valence-electron chi connectivity index (χ0n) is 15.1. The minimum Gasteiger partial charge on any atom is -0.497 e. The highest BCUT2D eigenvalue weighted by atomic mass is 32.2. The van der Waals surface area contributed by atoms with Crippen molar-refractivity contribution in [3.05, 3.63) is 53.6 Å². The van der Waals surface area contributed by atoms with Gasteiger partial charge in [-0.25, -0.2) is 13.2 Å². The van der Waals surface area contributed by atoms with Crippen LogP contribution >= 0.6 is 0 Å². The number of ether oxygens (including phenoxy) is 2. The lowest BCUT2D eigenvalue weighted by atomic mass is 10.1. The van der Waals surface area contributed by atoms with E-state index in [0.717, 1.165) is 0 Å². The Bertz CT molecular complexity index is 954. The van der Waals surface area contributed by atoms with Gasteiger partial charge in [-0.15, -0.1) is 0 Å². The van der Waals surface area contributed by atoms with Gasteiger partial charge in [0.05, 0.1) is 17.6 Å². The number of esters is 1. The quantitative estimate of drug-likeness (QED) is 0.693. The lowest BCUT2D eigenvalue weighted by molar-refractivity contribution is -0.125. The first-order chi connectivity index (χ1) is 12.6. The van der Waals surface area contributed by atoms with Crippen molar-refractivity contribution in [1.82, 2.24) is 0 Å². The zero-order chi connectivity index (χ0) is 20.2. The van der Waals surface area contributed by atoms with Crippen molar-refractivity contribution in [2.24, 2.45) is 5.73 Å². The molecule has 0 bridgehead atoms. The molecule has 0 heterocycles. The highest BCUT2D eigenvalue weighted by Crippen LogP contribution is 2.23. The number of carbonyl (C=O) groups is 2. The first kappa shape index (κ1) is 20.2. The molecule has 27 heavy (non-hydrogen) atoms. The molecule has 0 radical (unpaired) electrons. The standard InChI is InChI=1S/C18H20N2O6S/c1-11-4-5-13(18(22)26-12(2)17(19)21)10-16(11)27(23,24)20-14-6-8-15(25-3)9-7-14/h4-10,12,20H,1-3H3,(H2,19,21)/t12-/m1/s1. The van der Waals surface area contributed by atoms with Gasteiger partial charge in [-0.3, -0.25) is 9.52 Å². The second kappa shape index (κ2) is 8.09. The molecule has 9 heteroatoms. The first-order valence-electron chi connectivity index (χ1n) is 7.92. The molecule has 144 valence electrons. The number of hydrogen-bond donors (Lipinski definition) is 2. The van der Waals surface area contributed by atoms with Crippen molar-refractivity contribution in [3.8, 4) is 5.75 Å². The Morgan fingerprint density at radius 1 is 1.11 bits per heavy atom. The van der Waals surface area contributed by atoms with Crippen LogP contribution in [0.1, 0.15) is 22.8 Å². The molecule has 1 atom stereocenters. The molecule has 0 saturated heterocycles. The van der Waals surface area contributed by atoms with Crippen LogP contribution in [-0.2, 0) is 19.6 Å². The summed E-state index contributed by atoms with van der Waals surface area (Å²) in [5.74, 6) is -1.06. The molecule has 0 aliphatic heterocycles. The Morgan fingerprint density at radius 2 is 1.74 bits per heavy atom. The summed E-state index contributed by atoms with van der Waals surface area (Å²) in [7, 11) is -2.45. The number of nitrogens with one attached hydrogen (secondary N) is 1. The average Bonchev–Trinajstić information content (AvgIpc) is 2.62. The third-order valence-corrected chi connectivity index (χ3v) is 5.26. The minimum atomic E-state index is -3.95. The Kier molecular flexibility index (Phi) is 6.06. The molecule has 0 aliphatic rings. The van der Waals surface area contributed by atoms with E-state index >= 15 is 0 Å². The van der Waals surface area contributed by atoms with Gasteiger partial charge in [-0.1, -0.05) is 6.07 Å². The average molecular weight is 392 g/mol. The third-order valence-electron chi connectivity index (χ3n) is 3.74. The zero-order valence-corrected chi connectivity index (χ0v) is 15.9. The first-order valence-corrected chi connectivity index (χ1v) is 9.40. The van der Waals surface area contributed by atoms with E-state index in [2.05, 4.69) is 4.72 Å². The summed E-state index contributed by atoms with van der Waals surface area (Å²) in [6, 6.07) is 10.4. The van der Waals surface area contributed by atoms with Crippen molar-refractivity contribution in [1.29, 1.82) is 0 Å². The molecule has 0 aromatic heterocycles. The fraction of sp³-hybridized carbons (Fsp3) is 0.222. The molecular formula is C18H20N2O6S. The van der Waals surface area contributed by atoms with Gasteiger partial charge in [0.1, 0.15) is 5.75 Å². The van der Waals surface area contributed by atoms with Crippen LogP contribution in [-0.4, -0.2) is 33.5 Å². The molecule has 0 fully saturated rings. The maximum absolute atomic E-state index is 12.7. The van der Waals surface area contributed by atoms with Crippen LogP contribution in [0.15, 0.2) is 47.4 Å². The Hall–Kier alpha value is -3.07. The molecule has 0 spiro atoms. The van der Waals surface area contributed by atoms with Crippen LogP contribution in [0.4, 0.5) is 5.69 Å². The molecule has 1 amide bonds. The molecule has 0 unspecified atom stereocenters. The molecule has 0 aliphatic carbocycles. The van der Waals surface area contributed by atoms with E-state index in [1.807, 2.05) is 0 Å². The Labute approximate surface area is 157 Å². The molecular weight excluding hydrogens is 372 g/mol. The van der Waals surface area contributed by atoms with E-state index < -0.39 is 28.0 Å². The number of amides is 1. The van der Waals surface area contributed by atoms with Crippen LogP contribution in [0.25, 0.3) is 0 Å². The summed E-state index contributed by atoms with van der Waals surface area (Å²) in [4.78, 5) is 23.1. The van der Waals surface area contributed by atoms with Crippen molar-refractivity contribution in [2.45, 2.75) is 24.8 Å². The number of rotatable bonds is 7. The summed E-state index contributed by atoms with van der Waals surface area (Å²) in [6.45, 7) is 2.93. The predicted octanol–water partition coefficient (Wildman–Crippen LogP) is 1.84. The second-order valence-corrected chi connectivity index (χ2v) is 7.42. The number of aryl methyl sites for hydroxylation is 1. The van der Waals surface area contributed by atoms with E-state index in [0.29, 0.717) is 17.0 Å². The highest BCUT2D eigenvalue weighted by Gasteiger charge is 2.22. The van der Waals surface area contributed by atoms with Crippen LogP contribution in [0.3, 0.4) is 0 Å². The van der Waals surface area contributed by atoms with Gasteiger partial charge in [0.2, 0.25) is 0 Å². The second-order valence-electron chi connectivity index (χ2n) is 5.76. The van der Waals surface area contributed by atoms with Gasteiger partial charge >= 0.3 is 5.97 Å². The van der Waals surface area contributed by atoms with Crippen molar-refractivity contribution in [2.75, 3.05) is 11.8 Å². The smallest absolute Gasteiger partial charge is 0.338 e. The largest absolute Gasteiger partial charge is 0.497 e. The van der Waals surface area contributed by atoms with E-state index in [1.165, 1.54) is 32.2 Å².